The van der Waals surface area contributed by atoms with Crippen LogP contribution in [-0.4, -0.2) is 42.6 Å². The van der Waals surface area contributed by atoms with Gasteiger partial charge in [-0.1, -0.05) is 17.9 Å². The maximum absolute atomic E-state index is 4.07. The summed E-state index contributed by atoms with van der Waals surface area (Å²) >= 11 is 0. The van der Waals surface area contributed by atoms with E-state index in [4.69, 9.17) is 0 Å². The van der Waals surface area contributed by atoms with Crippen molar-refractivity contribution in [2.45, 2.75) is 6.42 Å². The molecule has 1 aliphatic heterocycles. The molecule has 3 nitrogen and oxygen atoms in total. The first-order valence-electron chi connectivity index (χ1n) is 5.73. The molecule has 0 spiro atoms. The van der Waals surface area contributed by atoms with E-state index < -0.39 is 0 Å². The highest BCUT2D eigenvalue weighted by Gasteiger charge is 2.06. The van der Waals surface area contributed by atoms with Gasteiger partial charge in [0.1, 0.15) is 0 Å². The van der Waals surface area contributed by atoms with Gasteiger partial charge in [-0.25, -0.2) is 0 Å². The Kier molecular flexibility index (Phi) is 4.36. The van der Waals surface area contributed by atoms with Crippen LogP contribution >= 0.6 is 0 Å². The Hall–Kier alpha value is -1.37. The molecule has 0 bridgehead atoms. The first-order chi connectivity index (χ1) is 7.95. The van der Waals surface area contributed by atoms with E-state index >= 15 is 0 Å². The third kappa shape index (κ3) is 3.65. The molecule has 1 fully saturated rings. The molecule has 0 aliphatic carbocycles. The van der Waals surface area contributed by atoms with Crippen LogP contribution in [-0.2, 0) is 6.42 Å². The molecule has 2 rings (SSSR count). The highest BCUT2D eigenvalue weighted by atomic mass is 15.2. The summed E-state index contributed by atoms with van der Waals surface area (Å²) in [6.45, 7) is 5.29. The van der Waals surface area contributed by atoms with Crippen LogP contribution in [0.2, 0.25) is 0 Å². The molecule has 2 heterocycles. The topological polar surface area (TPSA) is 28.2 Å². The number of hydrogen-bond acceptors (Lipinski definition) is 3. The van der Waals surface area contributed by atoms with Crippen LogP contribution in [0.25, 0.3) is 0 Å². The molecule has 0 amide bonds. The molecule has 1 aromatic heterocycles. The molecule has 0 saturated carbocycles. The van der Waals surface area contributed by atoms with Gasteiger partial charge in [-0.3, -0.25) is 9.88 Å². The minimum atomic E-state index is 0.805. The van der Waals surface area contributed by atoms with E-state index in [0.29, 0.717) is 0 Å². The molecule has 1 N–H and O–H groups in total. The van der Waals surface area contributed by atoms with E-state index in [-0.39, 0.29) is 0 Å². The second kappa shape index (κ2) is 6.26. The molecular weight excluding hydrogens is 198 g/mol. The average Bonchev–Trinajstić information content (AvgIpc) is 2.37. The molecule has 84 valence electrons. The highest BCUT2D eigenvalue weighted by Crippen LogP contribution is 1.95. The lowest BCUT2D eigenvalue weighted by Crippen LogP contribution is -2.43. The van der Waals surface area contributed by atoms with Crippen molar-refractivity contribution >= 4 is 0 Å². The van der Waals surface area contributed by atoms with E-state index in [1.54, 1.807) is 6.20 Å². The summed E-state index contributed by atoms with van der Waals surface area (Å²) in [5.41, 5.74) is 1.19. The number of pyridine rings is 1. The normalized spacial score (nSPS) is 16.5. The van der Waals surface area contributed by atoms with Gasteiger partial charge in [-0.2, -0.15) is 0 Å². The summed E-state index contributed by atoms with van der Waals surface area (Å²) < 4.78 is 0. The number of hydrogen-bond donors (Lipinski definition) is 1. The Morgan fingerprint density at radius 3 is 2.94 bits per heavy atom. The van der Waals surface area contributed by atoms with Crippen molar-refractivity contribution in [3.63, 3.8) is 0 Å². The summed E-state index contributed by atoms with van der Waals surface area (Å²) in [5.74, 6) is 6.42. The predicted octanol–water partition coefficient (Wildman–Crippen LogP) is 0.533. The summed E-state index contributed by atoms with van der Waals surface area (Å²) in [4.78, 5) is 6.45. The number of nitrogens with one attached hydrogen (secondary N) is 1. The van der Waals surface area contributed by atoms with Crippen LogP contribution in [0.5, 0.6) is 0 Å². The first-order valence-corrected chi connectivity index (χ1v) is 5.73. The Morgan fingerprint density at radius 1 is 1.31 bits per heavy atom. The van der Waals surface area contributed by atoms with Gasteiger partial charge in [-0.05, 0) is 11.6 Å². The van der Waals surface area contributed by atoms with Crippen LogP contribution in [0.15, 0.2) is 24.5 Å². The van der Waals surface area contributed by atoms with E-state index in [9.17, 15) is 0 Å². The number of rotatable bonds is 2. The smallest absolute Gasteiger partial charge is 0.0602 e. The van der Waals surface area contributed by atoms with Gasteiger partial charge in [-0.15, -0.1) is 0 Å². The minimum Gasteiger partial charge on any atom is -0.314 e. The standard InChI is InChI=1S/C13H17N3/c1(4-13-5-3-6-15-12-13)2-9-16-10-7-14-8-11-16/h3,5-6,12,14H,4,7-11H2. The number of aromatic nitrogens is 1. The summed E-state index contributed by atoms with van der Waals surface area (Å²) in [6, 6.07) is 4.01. The van der Waals surface area contributed by atoms with Crippen molar-refractivity contribution in [1.82, 2.24) is 15.2 Å². The van der Waals surface area contributed by atoms with Crippen molar-refractivity contribution in [3.8, 4) is 11.8 Å². The van der Waals surface area contributed by atoms with E-state index in [1.807, 2.05) is 12.3 Å². The highest BCUT2D eigenvalue weighted by molar-refractivity contribution is 5.17. The van der Waals surface area contributed by atoms with Gasteiger partial charge in [0.2, 0.25) is 0 Å². The molecule has 1 saturated heterocycles. The van der Waals surface area contributed by atoms with Crippen LogP contribution in [0.4, 0.5) is 0 Å². The molecule has 0 radical (unpaired) electrons. The number of piperazine rings is 1. The van der Waals surface area contributed by atoms with Gasteiger partial charge in [0.15, 0.2) is 0 Å². The Balaban J connectivity index is 1.73. The quantitative estimate of drug-likeness (QED) is 0.730. The molecule has 1 aliphatic rings. The SMILES string of the molecule is C(#CCN1CCNCC1)Cc1cccnc1. The largest absolute Gasteiger partial charge is 0.314 e. The Labute approximate surface area is 96.9 Å². The lowest BCUT2D eigenvalue weighted by molar-refractivity contribution is 0.268. The third-order valence-corrected chi connectivity index (χ3v) is 2.65. The average molecular weight is 215 g/mol. The van der Waals surface area contributed by atoms with Crippen molar-refractivity contribution < 1.29 is 0 Å². The van der Waals surface area contributed by atoms with Gasteiger partial charge in [0.05, 0.1) is 6.54 Å². The predicted molar refractivity (Wildman–Crippen MR) is 65.0 cm³/mol. The second-order valence-electron chi connectivity index (χ2n) is 3.92. The fourth-order valence-corrected chi connectivity index (χ4v) is 1.70. The van der Waals surface area contributed by atoms with Gasteiger partial charge < -0.3 is 5.32 Å². The van der Waals surface area contributed by atoms with Crippen molar-refractivity contribution in [2.24, 2.45) is 0 Å². The Bertz CT molecular complexity index is 358. The lowest BCUT2D eigenvalue weighted by Gasteiger charge is -2.24. The molecule has 0 unspecified atom stereocenters. The minimum absolute atomic E-state index is 0.805. The van der Waals surface area contributed by atoms with Crippen LogP contribution in [0.1, 0.15) is 5.56 Å². The van der Waals surface area contributed by atoms with Gasteiger partial charge in [0, 0.05) is 45.0 Å². The summed E-state index contributed by atoms with van der Waals surface area (Å²) in [6.07, 6.45) is 4.47. The zero-order chi connectivity index (χ0) is 11.1. The fraction of sp³-hybridized carbons (Fsp3) is 0.462. The van der Waals surface area contributed by atoms with Crippen LogP contribution in [0, 0.1) is 11.8 Å². The maximum Gasteiger partial charge on any atom is 0.0602 e. The second-order valence-corrected chi connectivity index (χ2v) is 3.92. The monoisotopic (exact) mass is 215 g/mol. The fourth-order valence-electron chi connectivity index (χ4n) is 1.70. The molecule has 3 heteroatoms. The molecule has 16 heavy (non-hydrogen) atoms. The van der Waals surface area contributed by atoms with Crippen molar-refractivity contribution in [2.75, 3.05) is 32.7 Å². The summed E-state index contributed by atoms with van der Waals surface area (Å²) in [5, 5.41) is 3.33. The molecular formula is C13H17N3. The maximum atomic E-state index is 4.07. The Morgan fingerprint density at radius 2 is 2.19 bits per heavy atom. The zero-order valence-electron chi connectivity index (χ0n) is 9.45. The van der Waals surface area contributed by atoms with Crippen LogP contribution in [0.3, 0.4) is 0 Å². The number of nitrogens with zero attached hydrogens (tertiary/aromatic N) is 2. The zero-order valence-corrected chi connectivity index (χ0v) is 9.45. The summed E-state index contributed by atoms with van der Waals surface area (Å²) in [7, 11) is 0. The van der Waals surface area contributed by atoms with E-state index in [1.165, 1.54) is 5.56 Å². The van der Waals surface area contributed by atoms with E-state index in [2.05, 4.69) is 33.1 Å². The molecule has 1 aromatic rings. The van der Waals surface area contributed by atoms with Crippen molar-refractivity contribution in [3.05, 3.63) is 30.1 Å². The third-order valence-electron chi connectivity index (χ3n) is 2.65. The van der Waals surface area contributed by atoms with Crippen LogP contribution < -0.4 is 5.32 Å². The van der Waals surface area contributed by atoms with Gasteiger partial charge >= 0.3 is 0 Å². The van der Waals surface area contributed by atoms with Gasteiger partial charge in [0.25, 0.3) is 0 Å². The molecule has 0 aromatic carbocycles. The van der Waals surface area contributed by atoms with Crippen molar-refractivity contribution in [1.29, 1.82) is 0 Å². The lowest BCUT2D eigenvalue weighted by atomic mass is 10.2. The first kappa shape index (κ1) is 11.1. The van der Waals surface area contributed by atoms with E-state index in [0.717, 1.165) is 39.1 Å². The molecule has 0 atom stereocenters.